The van der Waals surface area contributed by atoms with Crippen LogP contribution in [-0.2, 0) is 0 Å². The Morgan fingerprint density at radius 3 is 2.68 bits per heavy atom. The summed E-state index contributed by atoms with van der Waals surface area (Å²) in [5, 5.41) is 14.3. The molecule has 0 aliphatic rings. The highest BCUT2D eigenvalue weighted by atomic mass is 79.9. The van der Waals surface area contributed by atoms with E-state index < -0.39 is 5.97 Å². The number of carboxylic acid groups (broad SMARTS) is 1. The molecular formula is C13H17BrN2O3. The van der Waals surface area contributed by atoms with Crippen molar-refractivity contribution in [3.05, 3.63) is 28.2 Å². The van der Waals surface area contributed by atoms with E-state index in [1.54, 1.807) is 12.1 Å². The van der Waals surface area contributed by atoms with Gasteiger partial charge in [-0.25, -0.2) is 9.59 Å². The van der Waals surface area contributed by atoms with Crippen LogP contribution in [-0.4, -0.2) is 23.7 Å². The van der Waals surface area contributed by atoms with Gasteiger partial charge in [0.1, 0.15) is 0 Å². The minimum Gasteiger partial charge on any atom is -0.478 e. The van der Waals surface area contributed by atoms with Crippen molar-refractivity contribution in [2.75, 3.05) is 11.9 Å². The SMILES string of the molecule is CCCCCNC(=O)Nc1ccc(Br)cc1C(=O)O. The van der Waals surface area contributed by atoms with Crippen molar-refractivity contribution in [1.29, 1.82) is 0 Å². The molecule has 0 saturated carbocycles. The molecule has 104 valence electrons. The summed E-state index contributed by atoms with van der Waals surface area (Å²) in [5.41, 5.74) is 0.335. The first-order valence-corrected chi connectivity index (χ1v) is 6.91. The summed E-state index contributed by atoms with van der Waals surface area (Å²) in [5.74, 6) is -1.08. The number of amides is 2. The quantitative estimate of drug-likeness (QED) is 0.700. The fourth-order valence-corrected chi connectivity index (χ4v) is 1.91. The first kappa shape index (κ1) is 15.5. The van der Waals surface area contributed by atoms with Crippen molar-refractivity contribution in [3.63, 3.8) is 0 Å². The Hall–Kier alpha value is -1.56. The van der Waals surface area contributed by atoms with Crippen molar-refractivity contribution in [2.24, 2.45) is 0 Å². The first-order valence-electron chi connectivity index (χ1n) is 6.12. The van der Waals surface area contributed by atoms with Crippen LogP contribution in [0.1, 0.15) is 36.5 Å². The van der Waals surface area contributed by atoms with Crippen LogP contribution in [0.25, 0.3) is 0 Å². The molecule has 6 heteroatoms. The number of nitrogens with one attached hydrogen (secondary N) is 2. The lowest BCUT2D eigenvalue weighted by atomic mass is 10.2. The Bertz CT molecular complexity index is 463. The fraction of sp³-hybridized carbons (Fsp3) is 0.385. The van der Waals surface area contributed by atoms with E-state index in [1.807, 2.05) is 0 Å². The molecule has 0 saturated heterocycles. The van der Waals surface area contributed by atoms with Crippen molar-refractivity contribution in [1.82, 2.24) is 5.32 Å². The molecule has 1 rings (SSSR count). The van der Waals surface area contributed by atoms with E-state index in [0.29, 0.717) is 11.0 Å². The number of carboxylic acids is 1. The third kappa shape index (κ3) is 5.30. The summed E-state index contributed by atoms with van der Waals surface area (Å²) >= 11 is 3.20. The molecule has 0 spiro atoms. The summed E-state index contributed by atoms with van der Waals surface area (Å²) in [6.07, 6.45) is 3.05. The van der Waals surface area contributed by atoms with Gasteiger partial charge < -0.3 is 15.7 Å². The number of aromatic carboxylic acids is 1. The molecule has 0 bridgehead atoms. The predicted octanol–water partition coefficient (Wildman–Crippen LogP) is 3.46. The second-order valence-corrected chi connectivity index (χ2v) is 5.00. The number of unbranched alkanes of at least 4 members (excludes halogenated alkanes) is 2. The Kier molecular flexibility index (Phi) is 6.35. The monoisotopic (exact) mass is 328 g/mol. The largest absolute Gasteiger partial charge is 0.478 e. The van der Waals surface area contributed by atoms with Gasteiger partial charge in [-0.15, -0.1) is 0 Å². The molecule has 0 atom stereocenters. The van der Waals surface area contributed by atoms with Gasteiger partial charge in [0.25, 0.3) is 0 Å². The molecule has 19 heavy (non-hydrogen) atoms. The minimum atomic E-state index is -1.08. The van der Waals surface area contributed by atoms with E-state index in [0.717, 1.165) is 19.3 Å². The average Bonchev–Trinajstić information content (AvgIpc) is 2.36. The van der Waals surface area contributed by atoms with Gasteiger partial charge in [-0.05, 0) is 24.6 Å². The van der Waals surface area contributed by atoms with Gasteiger partial charge in [-0.3, -0.25) is 0 Å². The lowest BCUT2D eigenvalue weighted by Crippen LogP contribution is -2.30. The summed E-state index contributed by atoms with van der Waals surface area (Å²) in [4.78, 5) is 22.7. The zero-order valence-electron chi connectivity index (χ0n) is 10.7. The van der Waals surface area contributed by atoms with Crippen LogP contribution in [0.2, 0.25) is 0 Å². The third-order valence-corrected chi connectivity index (χ3v) is 3.02. The summed E-state index contributed by atoms with van der Waals surface area (Å²) in [6, 6.07) is 4.30. The summed E-state index contributed by atoms with van der Waals surface area (Å²) < 4.78 is 0.652. The maximum Gasteiger partial charge on any atom is 0.337 e. The van der Waals surface area contributed by atoms with Gasteiger partial charge in [0.2, 0.25) is 0 Å². The highest BCUT2D eigenvalue weighted by Crippen LogP contribution is 2.21. The number of urea groups is 1. The van der Waals surface area contributed by atoms with Gasteiger partial charge in [-0.2, -0.15) is 0 Å². The third-order valence-electron chi connectivity index (χ3n) is 2.53. The van der Waals surface area contributed by atoms with E-state index >= 15 is 0 Å². The molecule has 5 nitrogen and oxygen atoms in total. The number of rotatable bonds is 6. The number of carbonyl (C=O) groups is 2. The Morgan fingerprint density at radius 2 is 2.05 bits per heavy atom. The topological polar surface area (TPSA) is 78.4 Å². The van der Waals surface area contributed by atoms with Crippen molar-refractivity contribution >= 4 is 33.6 Å². The second kappa shape index (κ2) is 7.78. The maximum atomic E-state index is 11.6. The van der Waals surface area contributed by atoms with Crippen LogP contribution in [0.4, 0.5) is 10.5 Å². The lowest BCUT2D eigenvalue weighted by Gasteiger charge is -2.10. The molecule has 0 aliphatic heterocycles. The first-order chi connectivity index (χ1) is 9.04. The molecule has 1 aromatic carbocycles. The maximum absolute atomic E-state index is 11.6. The average molecular weight is 329 g/mol. The van der Waals surface area contributed by atoms with Crippen molar-refractivity contribution < 1.29 is 14.7 Å². The van der Waals surface area contributed by atoms with Crippen LogP contribution in [0, 0.1) is 0 Å². The minimum absolute atomic E-state index is 0.0538. The molecule has 0 radical (unpaired) electrons. The number of anilines is 1. The Labute approximate surface area is 120 Å². The van der Waals surface area contributed by atoms with E-state index in [1.165, 1.54) is 6.07 Å². The Morgan fingerprint density at radius 1 is 1.32 bits per heavy atom. The summed E-state index contributed by atoms with van der Waals surface area (Å²) in [7, 11) is 0. The van der Waals surface area contributed by atoms with Crippen LogP contribution in [0.5, 0.6) is 0 Å². The van der Waals surface area contributed by atoms with E-state index in [4.69, 9.17) is 5.11 Å². The molecule has 1 aromatic rings. The number of carbonyl (C=O) groups excluding carboxylic acids is 1. The lowest BCUT2D eigenvalue weighted by molar-refractivity contribution is 0.0698. The zero-order chi connectivity index (χ0) is 14.3. The number of benzene rings is 1. The Balaban J connectivity index is 2.61. The number of halogens is 1. The predicted molar refractivity (Wildman–Crippen MR) is 77.6 cm³/mol. The molecule has 3 N–H and O–H groups in total. The van der Waals surface area contributed by atoms with E-state index in [2.05, 4.69) is 33.5 Å². The molecule has 0 aliphatic carbocycles. The highest BCUT2D eigenvalue weighted by molar-refractivity contribution is 9.10. The molecule has 0 aromatic heterocycles. The van der Waals surface area contributed by atoms with Crippen molar-refractivity contribution in [3.8, 4) is 0 Å². The van der Waals surface area contributed by atoms with Gasteiger partial charge >= 0.3 is 12.0 Å². The van der Waals surface area contributed by atoms with Crippen LogP contribution >= 0.6 is 15.9 Å². The van der Waals surface area contributed by atoms with Crippen molar-refractivity contribution in [2.45, 2.75) is 26.2 Å². The van der Waals surface area contributed by atoms with Gasteiger partial charge in [0.15, 0.2) is 0 Å². The molecule has 0 unspecified atom stereocenters. The van der Waals surface area contributed by atoms with Gasteiger partial charge in [-0.1, -0.05) is 35.7 Å². The highest BCUT2D eigenvalue weighted by Gasteiger charge is 2.12. The second-order valence-electron chi connectivity index (χ2n) is 4.08. The smallest absolute Gasteiger partial charge is 0.337 e. The summed E-state index contributed by atoms with van der Waals surface area (Å²) in [6.45, 7) is 2.67. The van der Waals surface area contributed by atoms with Gasteiger partial charge in [0.05, 0.1) is 11.3 Å². The van der Waals surface area contributed by atoms with E-state index in [9.17, 15) is 9.59 Å². The number of hydrogen-bond donors (Lipinski definition) is 3. The van der Waals surface area contributed by atoms with Crippen LogP contribution < -0.4 is 10.6 Å². The standard InChI is InChI=1S/C13H17BrN2O3/c1-2-3-4-7-15-13(19)16-11-6-5-9(14)8-10(11)12(17)18/h5-6,8H,2-4,7H2,1H3,(H,17,18)(H2,15,16,19). The molecular weight excluding hydrogens is 312 g/mol. The molecule has 2 amide bonds. The normalized spacial score (nSPS) is 10.0. The van der Waals surface area contributed by atoms with Crippen LogP contribution in [0.15, 0.2) is 22.7 Å². The number of hydrogen-bond acceptors (Lipinski definition) is 2. The fourth-order valence-electron chi connectivity index (χ4n) is 1.55. The van der Waals surface area contributed by atoms with Gasteiger partial charge in [0, 0.05) is 11.0 Å². The van der Waals surface area contributed by atoms with E-state index in [-0.39, 0.29) is 17.3 Å². The zero-order valence-corrected chi connectivity index (χ0v) is 12.3. The molecule has 0 heterocycles. The molecule has 0 fully saturated rings. The van der Waals surface area contributed by atoms with Crippen LogP contribution in [0.3, 0.4) is 0 Å².